The fourth-order valence-corrected chi connectivity index (χ4v) is 4.07. The van der Waals surface area contributed by atoms with Gasteiger partial charge in [-0.05, 0) is 42.3 Å². The predicted molar refractivity (Wildman–Crippen MR) is 117 cm³/mol. The average molecular weight is 474 g/mol. The zero-order valence-electron chi connectivity index (χ0n) is 16.9. The standard InChI is InChI=1S/C21H17F3N6O2S/c22-21(23,24)15-4-1-12(2-5-15)7-16(25)10-30(20(31)32)19-29-28-18(33-19)13-3-6-17-14(8-13)9-26-11-27-17/h1-6,8-9,11,16H,7,10,25H2,(H,31,32)/t16-/m0/s1. The summed E-state index contributed by atoms with van der Waals surface area (Å²) < 4.78 is 38.2. The second-order valence-electron chi connectivity index (χ2n) is 7.24. The highest BCUT2D eigenvalue weighted by molar-refractivity contribution is 7.18. The number of nitrogens with zero attached hydrogens (tertiary/aromatic N) is 5. The van der Waals surface area contributed by atoms with Crippen molar-refractivity contribution in [1.82, 2.24) is 20.2 Å². The van der Waals surface area contributed by atoms with Crippen LogP contribution in [0.15, 0.2) is 55.0 Å². The molecule has 8 nitrogen and oxygen atoms in total. The Morgan fingerprint density at radius 1 is 1.15 bits per heavy atom. The summed E-state index contributed by atoms with van der Waals surface area (Å²) in [5.74, 6) is 0. The molecule has 0 aliphatic carbocycles. The molecule has 0 radical (unpaired) electrons. The van der Waals surface area contributed by atoms with Crippen molar-refractivity contribution in [1.29, 1.82) is 0 Å². The third kappa shape index (κ3) is 5.23. The summed E-state index contributed by atoms with van der Waals surface area (Å²) in [5.41, 5.74) is 7.41. The van der Waals surface area contributed by atoms with Crippen LogP contribution >= 0.6 is 11.3 Å². The molecule has 2 aromatic carbocycles. The number of hydrogen-bond donors (Lipinski definition) is 2. The Kier molecular flexibility index (Phi) is 6.20. The molecular weight excluding hydrogens is 457 g/mol. The van der Waals surface area contributed by atoms with Crippen LogP contribution in [0.25, 0.3) is 21.5 Å². The van der Waals surface area contributed by atoms with Crippen LogP contribution in [0.2, 0.25) is 0 Å². The number of benzene rings is 2. The highest BCUT2D eigenvalue weighted by atomic mass is 32.1. The molecule has 0 fully saturated rings. The van der Waals surface area contributed by atoms with Crippen molar-refractivity contribution in [2.45, 2.75) is 18.6 Å². The van der Waals surface area contributed by atoms with Crippen molar-refractivity contribution in [2.24, 2.45) is 5.73 Å². The van der Waals surface area contributed by atoms with E-state index in [2.05, 4.69) is 20.2 Å². The molecule has 12 heteroatoms. The van der Waals surface area contributed by atoms with Gasteiger partial charge in [0.2, 0.25) is 5.13 Å². The molecule has 3 N–H and O–H groups in total. The first-order valence-electron chi connectivity index (χ1n) is 9.66. The minimum absolute atomic E-state index is 0.101. The number of amides is 1. The quantitative estimate of drug-likeness (QED) is 0.430. The maximum atomic E-state index is 12.7. The molecule has 2 aromatic heterocycles. The van der Waals surface area contributed by atoms with Crippen LogP contribution in [0.5, 0.6) is 0 Å². The summed E-state index contributed by atoms with van der Waals surface area (Å²) in [5, 5.41) is 19.2. The number of anilines is 1. The number of hydrogen-bond acceptors (Lipinski definition) is 7. The van der Waals surface area contributed by atoms with E-state index in [4.69, 9.17) is 5.73 Å². The molecule has 4 rings (SSSR count). The van der Waals surface area contributed by atoms with Crippen molar-refractivity contribution in [2.75, 3.05) is 11.4 Å². The van der Waals surface area contributed by atoms with Crippen LogP contribution in [-0.4, -0.2) is 44.0 Å². The van der Waals surface area contributed by atoms with Gasteiger partial charge in [-0.25, -0.2) is 14.8 Å². The number of aromatic nitrogens is 4. The van der Waals surface area contributed by atoms with Gasteiger partial charge in [0.1, 0.15) is 11.3 Å². The second kappa shape index (κ2) is 9.08. The molecule has 1 amide bonds. The van der Waals surface area contributed by atoms with Crippen molar-refractivity contribution >= 4 is 33.5 Å². The first-order valence-corrected chi connectivity index (χ1v) is 10.5. The number of carboxylic acid groups (broad SMARTS) is 1. The maximum Gasteiger partial charge on any atom is 0.416 e. The lowest BCUT2D eigenvalue weighted by atomic mass is 10.0. The smallest absolute Gasteiger partial charge is 0.416 e. The third-order valence-electron chi connectivity index (χ3n) is 4.82. The zero-order valence-corrected chi connectivity index (χ0v) is 17.7. The molecule has 0 unspecified atom stereocenters. The first-order chi connectivity index (χ1) is 15.7. The van der Waals surface area contributed by atoms with Gasteiger partial charge in [-0.2, -0.15) is 13.2 Å². The molecule has 0 aliphatic heterocycles. The number of halogens is 3. The Morgan fingerprint density at radius 3 is 2.61 bits per heavy atom. The van der Waals surface area contributed by atoms with E-state index in [9.17, 15) is 23.1 Å². The van der Waals surface area contributed by atoms with Gasteiger partial charge in [0, 0.05) is 29.7 Å². The lowest BCUT2D eigenvalue weighted by molar-refractivity contribution is -0.137. The minimum atomic E-state index is -4.42. The molecule has 1 atom stereocenters. The van der Waals surface area contributed by atoms with Gasteiger partial charge in [0.05, 0.1) is 11.1 Å². The van der Waals surface area contributed by atoms with E-state index in [0.29, 0.717) is 10.6 Å². The molecule has 4 aromatic rings. The van der Waals surface area contributed by atoms with E-state index in [1.165, 1.54) is 18.5 Å². The van der Waals surface area contributed by atoms with Gasteiger partial charge < -0.3 is 10.8 Å². The topological polar surface area (TPSA) is 118 Å². The summed E-state index contributed by atoms with van der Waals surface area (Å²) >= 11 is 1.09. The Hall–Kier alpha value is -3.64. The number of alkyl halides is 3. The SMILES string of the molecule is N[C@@H](Cc1ccc(C(F)(F)F)cc1)CN(C(=O)O)c1nnc(-c2ccc3ncncc3c2)s1. The highest BCUT2D eigenvalue weighted by Crippen LogP contribution is 2.31. The van der Waals surface area contributed by atoms with E-state index >= 15 is 0 Å². The van der Waals surface area contributed by atoms with Crippen LogP contribution in [0.1, 0.15) is 11.1 Å². The predicted octanol–water partition coefficient (Wildman–Crippen LogP) is 4.22. The average Bonchev–Trinajstić information content (AvgIpc) is 3.26. The summed E-state index contributed by atoms with van der Waals surface area (Å²) in [6, 6.07) is 9.40. The van der Waals surface area contributed by atoms with Crippen LogP contribution in [-0.2, 0) is 12.6 Å². The van der Waals surface area contributed by atoms with E-state index in [1.54, 1.807) is 12.3 Å². The monoisotopic (exact) mass is 474 g/mol. The summed E-state index contributed by atoms with van der Waals surface area (Å²) in [6.07, 6.45) is -2.37. The molecule has 0 bridgehead atoms. The lowest BCUT2D eigenvalue weighted by Gasteiger charge is -2.20. The Balaban J connectivity index is 1.48. The van der Waals surface area contributed by atoms with Crippen molar-refractivity contribution < 1.29 is 23.1 Å². The maximum absolute atomic E-state index is 12.7. The normalized spacial score (nSPS) is 12.6. The fourth-order valence-electron chi connectivity index (χ4n) is 3.23. The largest absolute Gasteiger partial charge is 0.465 e. The summed E-state index contributed by atoms with van der Waals surface area (Å²) in [7, 11) is 0. The number of fused-ring (bicyclic) bond motifs is 1. The summed E-state index contributed by atoms with van der Waals surface area (Å²) in [6.45, 7) is -0.101. The van der Waals surface area contributed by atoms with Gasteiger partial charge >= 0.3 is 12.3 Å². The van der Waals surface area contributed by atoms with Gasteiger partial charge in [-0.3, -0.25) is 4.90 Å². The summed E-state index contributed by atoms with van der Waals surface area (Å²) in [4.78, 5) is 21.0. The van der Waals surface area contributed by atoms with Gasteiger partial charge in [-0.15, -0.1) is 10.2 Å². The number of carbonyl (C=O) groups is 1. The van der Waals surface area contributed by atoms with Crippen LogP contribution in [0, 0.1) is 0 Å². The van der Waals surface area contributed by atoms with E-state index in [1.807, 2.05) is 12.1 Å². The molecular formula is C21H17F3N6O2S. The number of rotatable bonds is 6. The van der Waals surface area contributed by atoms with Gasteiger partial charge in [0.15, 0.2) is 0 Å². The molecule has 0 saturated heterocycles. The van der Waals surface area contributed by atoms with Gasteiger partial charge in [-0.1, -0.05) is 23.5 Å². The van der Waals surface area contributed by atoms with E-state index < -0.39 is 23.9 Å². The van der Waals surface area contributed by atoms with Gasteiger partial charge in [0.25, 0.3) is 0 Å². The Morgan fingerprint density at radius 2 is 1.91 bits per heavy atom. The van der Waals surface area contributed by atoms with E-state index in [0.717, 1.165) is 44.8 Å². The van der Waals surface area contributed by atoms with Crippen LogP contribution in [0.3, 0.4) is 0 Å². The third-order valence-corrected chi connectivity index (χ3v) is 5.82. The number of nitrogens with two attached hydrogens (primary N) is 1. The van der Waals surface area contributed by atoms with Crippen LogP contribution in [0.4, 0.5) is 23.1 Å². The van der Waals surface area contributed by atoms with Crippen molar-refractivity contribution in [3.63, 3.8) is 0 Å². The van der Waals surface area contributed by atoms with Crippen molar-refractivity contribution in [3.05, 3.63) is 66.1 Å². The molecule has 0 aliphatic rings. The Labute approximate surface area is 189 Å². The van der Waals surface area contributed by atoms with Crippen molar-refractivity contribution in [3.8, 4) is 10.6 Å². The molecule has 170 valence electrons. The fraction of sp³-hybridized carbons (Fsp3) is 0.190. The van der Waals surface area contributed by atoms with Crippen LogP contribution < -0.4 is 10.6 Å². The molecule has 0 spiro atoms. The highest BCUT2D eigenvalue weighted by Gasteiger charge is 2.30. The Bertz CT molecular complexity index is 1280. The molecule has 2 heterocycles. The molecule has 33 heavy (non-hydrogen) atoms. The minimum Gasteiger partial charge on any atom is -0.465 e. The first kappa shape index (κ1) is 22.6. The second-order valence-corrected chi connectivity index (χ2v) is 8.19. The zero-order chi connectivity index (χ0) is 23.6. The lowest BCUT2D eigenvalue weighted by Crippen LogP contribution is -2.41. The molecule has 0 saturated carbocycles. The van der Waals surface area contributed by atoms with E-state index in [-0.39, 0.29) is 18.1 Å².